The van der Waals surface area contributed by atoms with E-state index >= 15 is 0 Å². The number of rotatable bonds is 4. The van der Waals surface area contributed by atoms with Crippen LogP contribution >= 0.6 is 15.9 Å². The van der Waals surface area contributed by atoms with Crippen LogP contribution in [0.15, 0.2) is 41.0 Å². The molecule has 2 aliphatic rings. The minimum Gasteiger partial charge on any atom is -0.376 e. The van der Waals surface area contributed by atoms with Crippen molar-refractivity contribution in [1.29, 1.82) is 0 Å². The van der Waals surface area contributed by atoms with E-state index in [0.717, 1.165) is 21.7 Å². The highest BCUT2D eigenvalue weighted by atomic mass is 79.9. The van der Waals surface area contributed by atoms with Crippen molar-refractivity contribution in [3.05, 3.63) is 41.0 Å². The van der Waals surface area contributed by atoms with E-state index in [-0.39, 0.29) is 24.2 Å². The van der Waals surface area contributed by atoms with E-state index in [4.69, 9.17) is 0 Å². The molecule has 2 fully saturated rings. The molecule has 2 aliphatic heterocycles. The zero-order valence-corrected chi connectivity index (χ0v) is 18.7. The molecule has 1 unspecified atom stereocenters. The maximum atomic E-state index is 13.1. The second-order valence-electron chi connectivity index (χ2n) is 7.86. The van der Waals surface area contributed by atoms with E-state index in [9.17, 15) is 9.59 Å². The Morgan fingerprint density at radius 1 is 1.17 bits per heavy atom. The SMILES string of the molecule is CN(C)c1cnnc(N2CCN(C(=O)C3CC(=O)N(c4cccc(Br)c4)C3)CC2)c1. The molecular formula is C21H25BrN6O2. The fourth-order valence-electron chi connectivity index (χ4n) is 3.93. The van der Waals surface area contributed by atoms with E-state index in [1.807, 2.05) is 54.2 Å². The summed E-state index contributed by atoms with van der Waals surface area (Å²) in [4.78, 5) is 33.3. The number of nitrogens with zero attached hydrogens (tertiary/aromatic N) is 6. The van der Waals surface area contributed by atoms with Gasteiger partial charge in [-0.3, -0.25) is 9.59 Å². The maximum absolute atomic E-state index is 13.1. The van der Waals surface area contributed by atoms with Crippen molar-refractivity contribution in [1.82, 2.24) is 15.1 Å². The van der Waals surface area contributed by atoms with Crippen LogP contribution in [-0.4, -0.2) is 73.7 Å². The van der Waals surface area contributed by atoms with Crippen molar-refractivity contribution in [2.75, 3.05) is 61.5 Å². The van der Waals surface area contributed by atoms with Crippen molar-refractivity contribution >= 4 is 44.9 Å². The number of amides is 2. The van der Waals surface area contributed by atoms with Gasteiger partial charge in [-0.1, -0.05) is 22.0 Å². The molecule has 3 heterocycles. The number of anilines is 3. The van der Waals surface area contributed by atoms with Gasteiger partial charge in [0.15, 0.2) is 5.82 Å². The van der Waals surface area contributed by atoms with Crippen LogP contribution in [0.3, 0.4) is 0 Å². The molecule has 0 aliphatic carbocycles. The number of hydrogen-bond donors (Lipinski definition) is 0. The van der Waals surface area contributed by atoms with Crippen molar-refractivity contribution in [2.24, 2.45) is 5.92 Å². The molecule has 2 saturated heterocycles. The van der Waals surface area contributed by atoms with Crippen LogP contribution in [0.4, 0.5) is 17.2 Å². The number of halogens is 1. The topological polar surface area (TPSA) is 72.9 Å². The Hall–Kier alpha value is -2.68. The summed E-state index contributed by atoms with van der Waals surface area (Å²) < 4.78 is 0.917. The predicted octanol–water partition coefficient (Wildman–Crippen LogP) is 2.01. The third-order valence-corrected chi connectivity index (χ3v) is 6.15. The van der Waals surface area contributed by atoms with Gasteiger partial charge in [0.2, 0.25) is 11.8 Å². The molecular weight excluding hydrogens is 448 g/mol. The Kier molecular flexibility index (Phi) is 5.90. The summed E-state index contributed by atoms with van der Waals surface area (Å²) in [7, 11) is 3.94. The first-order valence-electron chi connectivity index (χ1n) is 10.0. The Balaban J connectivity index is 1.37. The molecule has 2 amide bonds. The Labute approximate surface area is 184 Å². The highest BCUT2D eigenvalue weighted by molar-refractivity contribution is 9.10. The Morgan fingerprint density at radius 2 is 1.93 bits per heavy atom. The van der Waals surface area contributed by atoms with Crippen molar-refractivity contribution in [2.45, 2.75) is 6.42 Å². The number of aromatic nitrogens is 2. The molecule has 0 spiro atoms. The summed E-state index contributed by atoms with van der Waals surface area (Å²) >= 11 is 3.44. The summed E-state index contributed by atoms with van der Waals surface area (Å²) in [5.74, 6) is 0.597. The summed E-state index contributed by atoms with van der Waals surface area (Å²) in [5.41, 5.74) is 1.82. The summed E-state index contributed by atoms with van der Waals surface area (Å²) in [6, 6.07) is 9.64. The highest BCUT2D eigenvalue weighted by Gasteiger charge is 2.38. The van der Waals surface area contributed by atoms with Gasteiger partial charge >= 0.3 is 0 Å². The van der Waals surface area contributed by atoms with Crippen molar-refractivity contribution in [3.8, 4) is 0 Å². The molecule has 0 bridgehead atoms. The third-order valence-electron chi connectivity index (χ3n) is 5.65. The molecule has 1 aromatic heterocycles. The van der Waals surface area contributed by atoms with Gasteiger partial charge < -0.3 is 19.6 Å². The van der Waals surface area contributed by atoms with Crippen molar-refractivity contribution in [3.63, 3.8) is 0 Å². The van der Waals surface area contributed by atoms with Gasteiger partial charge in [0, 0.05) is 69.5 Å². The summed E-state index contributed by atoms with van der Waals surface area (Å²) in [5, 5.41) is 8.33. The number of hydrogen-bond acceptors (Lipinski definition) is 6. The zero-order chi connectivity index (χ0) is 21.3. The number of carbonyl (C=O) groups excluding carboxylic acids is 2. The van der Waals surface area contributed by atoms with Crippen LogP contribution in [0, 0.1) is 5.92 Å². The molecule has 158 valence electrons. The van der Waals surface area contributed by atoms with E-state index in [0.29, 0.717) is 32.7 Å². The fraction of sp³-hybridized carbons (Fsp3) is 0.429. The van der Waals surface area contributed by atoms with E-state index < -0.39 is 0 Å². The molecule has 4 rings (SSSR count). The fourth-order valence-corrected chi connectivity index (χ4v) is 4.31. The van der Waals surface area contributed by atoms with E-state index in [1.165, 1.54) is 0 Å². The first kappa shape index (κ1) is 20.6. The molecule has 0 radical (unpaired) electrons. The third kappa shape index (κ3) is 4.26. The molecule has 0 N–H and O–H groups in total. The van der Waals surface area contributed by atoms with Crippen molar-refractivity contribution < 1.29 is 9.59 Å². The van der Waals surface area contributed by atoms with Crippen LogP contribution in [0.5, 0.6) is 0 Å². The lowest BCUT2D eigenvalue weighted by molar-refractivity contribution is -0.136. The van der Waals surface area contributed by atoms with Gasteiger partial charge in [-0.2, -0.15) is 5.10 Å². The number of carbonyl (C=O) groups is 2. The normalized spacial score (nSPS) is 19.4. The van der Waals surface area contributed by atoms with Gasteiger partial charge in [-0.05, 0) is 18.2 Å². The Morgan fingerprint density at radius 3 is 2.63 bits per heavy atom. The van der Waals surface area contributed by atoms with Crippen LogP contribution in [0.1, 0.15) is 6.42 Å². The average molecular weight is 473 g/mol. The lowest BCUT2D eigenvalue weighted by Crippen LogP contribution is -2.51. The minimum atomic E-state index is -0.292. The van der Waals surface area contributed by atoms with Gasteiger partial charge in [-0.15, -0.1) is 5.10 Å². The molecule has 8 nitrogen and oxygen atoms in total. The van der Waals surface area contributed by atoms with Crippen LogP contribution < -0.4 is 14.7 Å². The van der Waals surface area contributed by atoms with Crippen LogP contribution in [0.25, 0.3) is 0 Å². The van der Waals surface area contributed by atoms with Crippen LogP contribution in [-0.2, 0) is 9.59 Å². The summed E-state index contributed by atoms with van der Waals surface area (Å²) in [6.45, 7) is 3.08. The predicted molar refractivity (Wildman–Crippen MR) is 120 cm³/mol. The minimum absolute atomic E-state index is 0.000797. The monoisotopic (exact) mass is 472 g/mol. The van der Waals surface area contributed by atoms with Gasteiger partial charge in [0.1, 0.15) is 0 Å². The number of benzene rings is 1. The molecule has 1 aromatic carbocycles. The van der Waals surface area contributed by atoms with Crippen LogP contribution in [0.2, 0.25) is 0 Å². The average Bonchev–Trinajstić information content (AvgIpc) is 3.15. The first-order valence-corrected chi connectivity index (χ1v) is 10.8. The van der Waals surface area contributed by atoms with Gasteiger partial charge in [0.25, 0.3) is 0 Å². The second kappa shape index (κ2) is 8.59. The van der Waals surface area contributed by atoms with Gasteiger partial charge in [-0.25, -0.2) is 0 Å². The highest BCUT2D eigenvalue weighted by Crippen LogP contribution is 2.29. The quantitative estimate of drug-likeness (QED) is 0.677. The van der Waals surface area contributed by atoms with Gasteiger partial charge in [0.05, 0.1) is 17.8 Å². The molecule has 30 heavy (non-hydrogen) atoms. The molecule has 9 heteroatoms. The molecule has 1 atom stereocenters. The molecule has 0 saturated carbocycles. The largest absolute Gasteiger partial charge is 0.376 e. The lowest BCUT2D eigenvalue weighted by Gasteiger charge is -2.36. The van der Waals surface area contributed by atoms with E-state index in [1.54, 1.807) is 11.1 Å². The maximum Gasteiger partial charge on any atom is 0.228 e. The van der Waals surface area contributed by atoms with E-state index in [2.05, 4.69) is 31.0 Å². The molecule has 2 aromatic rings. The first-order chi connectivity index (χ1) is 14.4. The smallest absolute Gasteiger partial charge is 0.228 e. The lowest BCUT2D eigenvalue weighted by atomic mass is 10.1. The second-order valence-corrected chi connectivity index (χ2v) is 8.78. The zero-order valence-electron chi connectivity index (χ0n) is 17.2. The Bertz CT molecular complexity index is 945. The number of piperazine rings is 1. The summed E-state index contributed by atoms with van der Waals surface area (Å²) in [6.07, 6.45) is 2.00. The standard InChI is InChI=1S/C21H25BrN6O2/c1-25(2)18-12-19(24-23-13-18)26-6-8-27(9-7-26)21(30)15-10-20(29)28(14-15)17-5-3-4-16(22)11-17/h3-5,11-13,15H,6-10,14H2,1-2H3.